The molecule has 1 aliphatic rings. The molecule has 1 atom stereocenters. The Morgan fingerprint density at radius 2 is 1.51 bits per heavy atom. The molecule has 0 spiro atoms. The maximum absolute atomic E-state index is 11.4. The van der Waals surface area contributed by atoms with E-state index in [-0.39, 0.29) is 0 Å². The van der Waals surface area contributed by atoms with Gasteiger partial charge in [-0.2, -0.15) is 0 Å². The van der Waals surface area contributed by atoms with Crippen molar-refractivity contribution in [2.24, 2.45) is 0 Å². The fraction of sp³-hybridized carbons (Fsp3) is 0.375. The predicted octanol–water partition coefficient (Wildman–Crippen LogP) is 7.22. The molecule has 1 fully saturated rings. The Morgan fingerprint density at radius 1 is 0.886 bits per heavy atom. The van der Waals surface area contributed by atoms with Crippen LogP contribution in [0.25, 0.3) is 33.3 Å². The second-order valence-corrected chi connectivity index (χ2v) is 10.4. The maximum Gasteiger partial charge on any atom is 0.0845 e. The van der Waals surface area contributed by atoms with Crippen LogP contribution in [-0.2, 0) is 6.54 Å². The molecule has 4 aromatic rings. The number of likely N-dealkylation sites (N-methyl/N-ethyl adjacent to an activating group) is 1. The number of hydrogen-bond donors (Lipinski definition) is 1. The topological polar surface area (TPSA) is 28.4 Å². The first-order valence-corrected chi connectivity index (χ1v) is 13.2. The van der Waals surface area contributed by atoms with Gasteiger partial charge in [0.2, 0.25) is 0 Å². The lowest BCUT2D eigenvalue weighted by Crippen LogP contribution is -2.40. The fourth-order valence-corrected chi connectivity index (χ4v) is 6.13. The molecule has 1 aromatic heterocycles. The van der Waals surface area contributed by atoms with Crippen molar-refractivity contribution in [1.82, 2.24) is 9.47 Å². The number of aliphatic hydroxyl groups excluding tert-OH is 1. The Hall–Kier alpha value is -2.88. The number of benzene rings is 3. The molecular formula is C32H38N2O. The van der Waals surface area contributed by atoms with Crippen molar-refractivity contribution in [2.75, 3.05) is 13.6 Å². The van der Waals surface area contributed by atoms with Gasteiger partial charge in [-0.15, -0.1) is 0 Å². The van der Waals surface area contributed by atoms with E-state index in [1.807, 2.05) is 0 Å². The van der Waals surface area contributed by atoms with Crippen LogP contribution in [0.5, 0.6) is 0 Å². The van der Waals surface area contributed by atoms with Gasteiger partial charge in [0.25, 0.3) is 0 Å². The molecule has 182 valence electrons. The summed E-state index contributed by atoms with van der Waals surface area (Å²) in [7, 11) is 2.19. The van der Waals surface area contributed by atoms with Gasteiger partial charge < -0.3 is 14.6 Å². The summed E-state index contributed by atoms with van der Waals surface area (Å²) in [6, 6.07) is 26.6. The van der Waals surface area contributed by atoms with E-state index in [1.165, 1.54) is 76.5 Å². The van der Waals surface area contributed by atoms with E-state index in [1.54, 1.807) is 0 Å². The van der Waals surface area contributed by atoms with Gasteiger partial charge >= 0.3 is 0 Å². The van der Waals surface area contributed by atoms with Crippen LogP contribution in [0.3, 0.4) is 0 Å². The van der Waals surface area contributed by atoms with Gasteiger partial charge in [0.15, 0.2) is 0 Å². The average molecular weight is 467 g/mol. The van der Waals surface area contributed by atoms with E-state index in [0.717, 1.165) is 0 Å². The van der Waals surface area contributed by atoms with Crippen LogP contribution in [-0.4, -0.2) is 40.3 Å². The highest BCUT2D eigenvalue weighted by Gasteiger charge is 2.25. The molecule has 35 heavy (non-hydrogen) atoms. The number of nitrogens with zero attached hydrogens (tertiary/aromatic N) is 2. The van der Waals surface area contributed by atoms with E-state index in [9.17, 15) is 5.11 Å². The Bertz CT molecular complexity index is 1270. The number of aryl methyl sites for hydroxylation is 2. The van der Waals surface area contributed by atoms with Gasteiger partial charge in [-0.05, 0) is 56.5 Å². The van der Waals surface area contributed by atoms with Crippen LogP contribution in [0.1, 0.15) is 43.2 Å². The van der Waals surface area contributed by atoms with Crippen molar-refractivity contribution in [3.8, 4) is 22.4 Å². The highest BCUT2D eigenvalue weighted by atomic mass is 16.3. The summed E-state index contributed by atoms with van der Waals surface area (Å²) in [5.74, 6) is 0. The summed E-state index contributed by atoms with van der Waals surface area (Å²) in [6.07, 6.45) is 6.03. The first kappa shape index (κ1) is 23.8. The number of fused-ring (bicyclic) bond motifs is 1. The van der Waals surface area contributed by atoms with Crippen molar-refractivity contribution in [3.05, 3.63) is 83.9 Å². The quantitative estimate of drug-likeness (QED) is 0.311. The van der Waals surface area contributed by atoms with Crippen LogP contribution in [0.4, 0.5) is 0 Å². The molecule has 1 saturated carbocycles. The van der Waals surface area contributed by atoms with Gasteiger partial charge in [0.1, 0.15) is 0 Å². The van der Waals surface area contributed by atoms with E-state index in [0.29, 0.717) is 19.1 Å². The third kappa shape index (κ3) is 4.94. The zero-order chi connectivity index (χ0) is 24.4. The molecule has 3 nitrogen and oxygen atoms in total. The second kappa shape index (κ2) is 10.4. The van der Waals surface area contributed by atoms with Gasteiger partial charge in [0.05, 0.1) is 23.9 Å². The summed E-state index contributed by atoms with van der Waals surface area (Å²) in [4.78, 5) is 2.40. The molecular weight excluding hydrogens is 428 g/mol. The molecule has 5 rings (SSSR count). The molecule has 1 N–H and O–H groups in total. The molecule has 0 aliphatic heterocycles. The smallest absolute Gasteiger partial charge is 0.0845 e. The summed E-state index contributed by atoms with van der Waals surface area (Å²) < 4.78 is 2.39. The van der Waals surface area contributed by atoms with Crippen LogP contribution < -0.4 is 0 Å². The average Bonchev–Trinajstić information content (AvgIpc) is 3.19. The number of aliphatic hydroxyl groups is 1. The van der Waals surface area contributed by atoms with E-state index < -0.39 is 6.10 Å². The molecule has 3 aromatic carbocycles. The molecule has 0 amide bonds. The Kier molecular flexibility index (Phi) is 7.08. The summed E-state index contributed by atoms with van der Waals surface area (Å²) in [6.45, 7) is 5.66. The lowest BCUT2D eigenvalue weighted by Gasteiger charge is -2.32. The maximum atomic E-state index is 11.4. The van der Waals surface area contributed by atoms with Crippen molar-refractivity contribution in [2.45, 2.75) is 64.6 Å². The van der Waals surface area contributed by atoms with Crippen molar-refractivity contribution < 1.29 is 5.11 Å². The monoisotopic (exact) mass is 466 g/mol. The van der Waals surface area contributed by atoms with Crippen LogP contribution in [0.2, 0.25) is 0 Å². The summed E-state index contributed by atoms with van der Waals surface area (Å²) in [5.41, 5.74) is 8.61. The van der Waals surface area contributed by atoms with Gasteiger partial charge in [-0.25, -0.2) is 0 Å². The minimum absolute atomic E-state index is 0.440. The number of hydrogen-bond acceptors (Lipinski definition) is 2. The van der Waals surface area contributed by atoms with Crippen LogP contribution in [0, 0.1) is 13.8 Å². The van der Waals surface area contributed by atoms with Gasteiger partial charge in [-0.1, -0.05) is 91.6 Å². The molecule has 1 heterocycles. The molecule has 1 aliphatic carbocycles. The molecule has 3 heteroatoms. The largest absolute Gasteiger partial charge is 0.390 e. The highest BCUT2D eigenvalue weighted by molar-refractivity contribution is 6.06. The van der Waals surface area contributed by atoms with Crippen molar-refractivity contribution in [3.63, 3.8) is 0 Å². The standard InChI is InChI=1S/C32H38N2O/c1-23-19-24(2)31-29(20-23)30(25-13-7-4-8-14-25)32(26-15-9-5-10-16-26)34(31)22-28(35)21-33(3)27-17-11-6-12-18-27/h4-5,7-10,13-16,19-20,27-28,35H,6,11-12,17-18,21-22H2,1-3H3. The summed E-state index contributed by atoms with van der Waals surface area (Å²) in [5, 5.41) is 12.7. The predicted molar refractivity (Wildman–Crippen MR) is 148 cm³/mol. The third-order valence-electron chi connectivity index (χ3n) is 7.69. The van der Waals surface area contributed by atoms with Gasteiger partial charge in [0, 0.05) is 23.5 Å². The van der Waals surface area contributed by atoms with E-state index in [2.05, 4.69) is 103 Å². The zero-order valence-corrected chi connectivity index (χ0v) is 21.4. The fourth-order valence-electron chi connectivity index (χ4n) is 6.13. The third-order valence-corrected chi connectivity index (χ3v) is 7.69. The first-order valence-electron chi connectivity index (χ1n) is 13.2. The minimum atomic E-state index is -0.440. The Morgan fingerprint density at radius 3 is 2.17 bits per heavy atom. The lowest BCUT2D eigenvalue weighted by atomic mass is 9.94. The second-order valence-electron chi connectivity index (χ2n) is 10.4. The number of aromatic nitrogens is 1. The molecule has 0 saturated heterocycles. The zero-order valence-electron chi connectivity index (χ0n) is 21.4. The number of rotatable bonds is 7. The summed E-state index contributed by atoms with van der Waals surface area (Å²) >= 11 is 0. The molecule has 1 unspecified atom stereocenters. The SMILES string of the molecule is Cc1cc(C)c2c(c1)c(-c1ccccc1)c(-c1ccccc1)n2CC(O)CN(C)C1CCCCC1. The molecule has 0 radical (unpaired) electrons. The Balaban J connectivity index is 1.63. The van der Waals surface area contributed by atoms with Gasteiger partial charge in [-0.3, -0.25) is 0 Å². The Labute approximate surface area is 210 Å². The van der Waals surface area contributed by atoms with E-state index >= 15 is 0 Å². The first-order chi connectivity index (χ1) is 17.0. The van der Waals surface area contributed by atoms with Crippen molar-refractivity contribution >= 4 is 10.9 Å². The van der Waals surface area contributed by atoms with Crippen LogP contribution in [0.15, 0.2) is 72.8 Å². The van der Waals surface area contributed by atoms with Crippen LogP contribution >= 0.6 is 0 Å². The normalized spacial score (nSPS) is 15.7. The minimum Gasteiger partial charge on any atom is -0.390 e. The van der Waals surface area contributed by atoms with Crippen molar-refractivity contribution in [1.29, 1.82) is 0 Å². The molecule has 0 bridgehead atoms. The highest BCUT2D eigenvalue weighted by Crippen LogP contribution is 2.42. The lowest BCUT2D eigenvalue weighted by molar-refractivity contribution is 0.0811. The van der Waals surface area contributed by atoms with E-state index in [4.69, 9.17) is 0 Å².